The minimum Gasteiger partial charge on any atom is -0.480 e. The van der Waals surface area contributed by atoms with Gasteiger partial charge in [-0.1, -0.05) is 30.3 Å². The molecule has 1 atom stereocenters. The first-order chi connectivity index (χ1) is 9.63. The van der Waals surface area contributed by atoms with E-state index < -0.39 is 5.97 Å². The van der Waals surface area contributed by atoms with Gasteiger partial charge >= 0.3 is 5.97 Å². The number of nitrogens with zero attached hydrogens (tertiary/aromatic N) is 2. The second-order valence-corrected chi connectivity index (χ2v) is 5.82. The Morgan fingerprint density at radius 3 is 2.85 bits per heavy atom. The minimum absolute atomic E-state index is 0.134. The van der Waals surface area contributed by atoms with Crippen LogP contribution >= 0.6 is 0 Å². The maximum absolute atomic E-state index is 10.7. The summed E-state index contributed by atoms with van der Waals surface area (Å²) in [6.07, 6.45) is 2.41. The fourth-order valence-electron chi connectivity index (χ4n) is 3.02. The van der Waals surface area contributed by atoms with Gasteiger partial charge in [0.05, 0.1) is 6.54 Å². The number of hydrogen-bond donors (Lipinski definition) is 1. The second kappa shape index (κ2) is 7.41. The average Bonchev–Trinajstić information content (AvgIpc) is 2.39. The molecule has 4 nitrogen and oxygen atoms in total. The van der Waals surface area contributed by atoms with E-state index in [2.05, 4.69) is 29.2 Å². The van der Waals surface area contributed by atoms with Crippen molar-refractivity contribution in [2.24, 2.45) is 5.92 Å². The standard InChI is InChI=1S/C16H24N2O2/c1-17(13-16(19)20)10-15-8-5-9-18(12-15)11-14-6-3-2-4-7-14/h2-4,6-7,15H,5,8-13H2,1H3,(H,19,20)/t15-/m0/s1. The fourth-order valence-corrected chi connectivity index (χ4v) is 3.02. The van der Waals surface area contributed by atoms with Crippen LogP contribution in [0, 0.1) is 5.92 Å². The van der Waals surface area contributed by atoms with Crippen LogP contribution in [0.15, 0.2) is 30.3 Å². The van der Waals surface area contributed by atoms with Crippen LogP contribution in [-0.2, 0) is 11.3 Å². The van der Waals surface area contributed by atoms with Crippen LogP contribution in [-0.4, -0.2) is 54.1 Å². The minimum atomic E-state index is -0.746. The predicted octanol–water partition coefficient (Wildman–Crippen LogP) is 1.91. The Bertz CT molecular complexity index is 422. The van der Waals surface area contributed by atoms with Crippen molar-refractivity contribution < 1.29 is 9.90 Å². The molecule has 4 heteroatoms. The molecule has 0 aliphatic carbocycles. The number of carboxylic acids is 1. The molecule has 0 unspecified atom stereocenters. The summed E-state index contributed by atoms with van der Waals surface area (Å²) in [5.74, 6) is -0.165. The monoisotopic (exact) mass is 276 g/mol. The lowest BCUT2D eigenvalue weighted by molar-refractivity contribution is -0.138. The molecule has 1 aromatic carbocycles. The number of aliphatic carboxylic acids is 1. The van der Waals surface area contributed by atoms with Crippen molar-refractivity contribution in [3.8, 4) is 0 Å². The Balaban J connectivity index is 1.81. The van der Waals surface area contributed by atoms with Gasteiger partial charge in [-0.05, 0) is 37.9 Å². The van der Waals surface area contributed by atoms with Crippen molar-refractivity contribution >= 4 is 5.97 Å². The summed E-state index contributed by atoms with van der Waals surface area (Å²) in [6, 6.07) is 10.5. The SMILES string of the molecule is CN(CC(=O)O)C[C@@H]1CCCN(Cc2ccccc2)C1. The molecule has 1 aliphatic heterocycles. The summed E-state index contributed by atoms with van der Waals surface area (Å²) in [5, 5.41) is 8.81. The van der Waals surface area contributed by atoms with E-state index in [1.807, 2.05) is 18.0 Å². The number of rotatable bonds is 6. The topological polar surface area (TPSA) is 43.8 Å². The number of piperidine rings is 1. The molecular formula is C16H24N2O2. The van der Waals surface area contributed by atoms with Crippen molar-refractivity contribution in [3.05, 3.63) is 35.9 Å². The molecule has 0 spiro atoms. The number of hydrogen-bond acceptors (Lipinski definition) is 3. The van der Waals surface area contributed by atoms with Gasteiger partial charge in [-0.2, -0.15) is 0 Å². The van der Waals surface area contributed by atoms with E-state index in [1.165, 1.54) is 18.4 Å². The number of carboxylic acid groups (broad SMARTS) is 1. The van der Waals surface area contributed by atoms with E-state index in [4.69, 9.17) is 5.11 Å². The van der Waals surface area contributed by atoms with Gasteiger partial charge < -0.3 is 5.11 Å². The van der Waals surface area contributed by atoms with Gasteiger partial charge in [-0.25, -0.2) is 0 Å². The maximum atomic E-state index is 10.7. The van der Waals surface area contributed by atoms with Crippen LogP contribution in [0.25, 0.3) is 0 Å². The third kappa shape index (κ3) is 4.94. The Morgan fingerprint density at radius 2 is 2.15 bits per heavy atom. The van der Waals surface area contributed by atoms with Crippen LogP contribution in [0.4, 0.5) is 0 Å². The van der Waals surface area contributed by atoms with Gasteiger partial charge in [-0.3, -0.25) is 14.6 Å². The Kier molecular flexibility index (Phi) is 5.56. The number of carbonyl (C=O) groups is 1. The molecule has 0 radical (unpaired) electrons. The van der Waals surface area contributed by atoms with Crippen LogP contribution in [0.1, 0.15) is 18.4 Å². The highest BCUT2D eigenvalue weighted by atomic mass is 16.4. The second-order valence-electron chi connectivity index (χ2n) is 5.82. The fraction of sp³-hybridized carbons (Fsp3) is 0.562. The molecule has 1 aromatic rings. The summed E-state index contributed by atoms with van der Waals surface area (Å²) in [5.41, 5.74) is 1.35. The zero-order chi connectivity index (χ0) is 14.4. The highest BCUT2D eigenvalue weighted by Crippen LogP contribution is 2.19. The number of likely N-dealkylation sites (N-methyl/N-ethyl adjacent to an activating group) is 1. The highest BCUT2D eigenvalue weighted by molar-refractivity contribution is 5.68. The smallest absolute Gasteiger partial charge is 0.317 e. The normalized spacial score (nSPS) is 20.2. The molecule has 0 bridgehead atoms. The van der Waals surface area contributed by atoms with Gasteiger partial charge in [0, 0.05) is 19.6 Å². The van der Waals surface area contributed by atoms with Crippen molar-refractivity contribution in [1.82, 2.24) is 9.80 Å². The summed E-state index contributed by atoms with van der Waals surface area (Å²) in [6.45, 7) is 4.22. The molecule has 1 heterocycles. The van der Waals surface area contributed by atoms with Gasteiger partial charge in [0.25, 0.3) is 0 Å². The lowest BCUT2D eigenvalue weighted by atomic mass is 9.97. The van der Waals surface area contributed by atoms with Crippen molar-refractivity contribution in [2.45, 2.75) is 19.4 Å². The van der Waals surface area contributed by atoms with Crippen molar-refractivity contribution in [1.29, 1.82) is 0 Å². The lowest BCUT2D eigenvalue weighted by Gasteiger charge is -2.34. The first-order valence-corrected chi connectivity index (χ1v) is 7.30. The highest BCUT2D eigenvalue weighted by Gasteiger charge is 2.21. The quantitative estimate of drug-likeness (QED) is 0.862. The van der Waals surface area contributed by atoms with Gasteiger partial charge in [0.2, 0.25) is 0 Å². The van der Waals surface area contributed by atoms with E-state index in [0.717, 1.165) is 26.2 Å². The number of benzene rings is 1. The largest absolute Gasteiger partial charge is 0.480 e. The molecule has 20 heavy (non-hydrogen) atoms. The molecule has 0 aromatic heterocycles. The summed E-state index contributed by atoms with van der Waals surface area (Å²) < 4.78 is 0. The van der Waals surface area contributed by atoms with Crippen molar-refractivity contribution in [3.63, 3.8) is 0 Å². The number of likely N-dealkylation sites (tertiary alicyclic amines) is 1. The van der Waals surface area contributed by atoms with Gasteiger partial charge in [0.15, 0.2) is 0 Å². The molecule has 1 saturated heterocycles. The first kappa shape index (κ1) is 15.0. The first-order valence-electron chi connectivity index (χ1n) is 7.30. The third-order valence-electron chi connectivity index (χ3n) is 3.83. The Labute approximate surface area is 121 Å². The molecule has 110 valence electrons. The zero-order valence-electron chi connectivity index (χ0n) is 12.2. The van der Waals surface area contributed by atoms with E-state index in [0.29, 0.717) is 5.92 Å². The van der Waals surface area contributed by atoms with E-state index >= 15 is 0 Å². The zero-order valence-corrected chi connectivity index (χ0v) is 12.2. The maximum Gasteiger partial charge on any atom is 0.317 e. The summed E-state index contributed by atoms with van der Waals surface area (Å²) in [4.78, 5) is 15.1. The van der Waals surface area contributed by atoms with Crippen LogP contribution in [0.5, 0.6) is 0 Å². The molecule has 1 N–H and O–H groups in total. The summed E-state index contributed by atoms with van der Waals surface area (Å²) in [7, 11) is 1.89. The van der Waals surface area contributed by atoms with Gasteiger partial charge in [0.1, 0.15) is 0 Å². The summed E-state index contributed by atoms with van der Waals surface area (Å²) >= 11 is 0. The van der Waals surface area contributed by atoms with E-state index in [1.54, 1.807) is 0 Å². The van der Waals surface area contributed by atoms with E-state index in [-0.39, 0.29) is 6.54 Å². The molecular weight excluding hydrogens is 252 g/mol. The third-order valence-corrected chi connectivity index (χ3v) is 3.83. The lowest BCUT2D eigenvalue weighted by Crippen LogP contribution is -2.40. The van der Waals surface area contributed by atoms with Crippen LogP contribution < -0.4 is 0 Å². The molecule has 0 saturated carbocycles. The molecule has 1 fully saturated rings. The van der Waals surface area contributed by atoms with Crippen LogP contribution in [0.2, 0.25) is 0 Å². The van der Waals surface area contributed by atoms with Gasteiger partial charge in [-0.15, -0.1) is 0 Å². The predicted molar refractivity (Wildman–Crippen MR) is 79.6 cm³/mol. The molecule has 2 rings (SSSR count). The Morgan fingerprint density at radius 1 is 1.40 bits per heavy atom. The average molecular weight is 276 g/mol. The molecule has 1 aliphatic rings. The van der Waals surface area contributed by atoms with Crippen molar-refractivity contribution in [2.75, 3.05) is 33.2 Å². The Hall–Kier alpha value is -1.39. The molecule has 0 amide bonds. The van der Waals surface area contributed by atoms with Crippen LogP contribution in [0.3, 0.4) is 0 Å². The van der Waals surface area contributed by atoms with E-state index in [9.17, 15) is 4.79 Å².